The van der Waals surface area contributed by atoms with E-state index in [2.05, 4.69) is 10.1 Å². The van der Waals surface area contributed by atoms with E-state index in [9.17, 15) is 8.42 Å². The number of fused-ring (bicyclic) bond motifs is 1. The largest absolute Gasteiger partial charge is 0.340 e. The Morgan fingerprint density at radius 3 is 2.62 bits per heavy atom. The summed E-state index contributed by atoms with van der Waals surface area (Å²) < 4.78 is 30.4. The minimum atomic E-state index is -3.84. The Balaban J connectivity index is 2.25. The number of aromatic nitrogens is 3. The van der Waals surface area contributed by atoms with E-state index >= 15 is 0 Å². The molecule has 0 fully saturated rings. The van der Waals surface area contributed by atoms with Gasteiger partial charge in [-0.25, -0.2) is 8.42 Å². The molecule has 0 N–H and O–H groups in total. The number of para-hydroxylation sites is 1. The SMILES string of the molecule is Cc1nc(Cn2c(C)c(S(=O)(=O)Cl)c3ccccc32)no1. The molecular weight excluding hydrogens is 314 g/mol. The smallest absolute Gasteiger partial charge is 0.263 e. The minimum absolute atomic E-state index is 0.125. The summed E-state index contributed by atoms with van der Waals surface area (Å²) in [6, 6.07) is 7.18. The summed E-state index contributed by atoms with van der Waals surface area (Å²) in [7, 11) is 1.73. The number of nitrogens with zero attached hydrogens (tertiary/aromatic N) is 3. The van der Waals surface area contributed by atoms with Crippen LogP contribution < -0.4 is 0 Å². The lowest BCUT2D eigenvalue weighted by Crippen LogP contribution is -2.04. The van der Waals surface area contributed by atoms with Crippen molar-refractivity contribution in [3.8, 4) is 0 Å². The second kappa shape index (κ2) is 4.85. The highest BCUT2D eigenvalue weighted by molar-refractivity contribution is 8.14. The summed E-state index contributed by atoms with van der Waals surface area (Å²) in [5.41, 5.74) is 1.31. The van der Waals surface area contributed by atoms with Gasteiger partial charge in [0.1, 0.15) is 4.90 Å². The first-order valence-corrected chi connectivity index (χ1v) is 8.50. The Bertz CT molecular complexity index is 927. The fourth-order valence-electron chi connectivity index (χ4n) is 2.46. The summed E-state index contributed by atoms with van der Waals surface area (Å²) in [6.45, 7) is 3.73. The van der Waals surface area contributed by atoms with Crippen LogP contribution in [0.4, 0.5) is 0 Å². The van der Waals surface area contributed by atoms with Crippen LogP contribution >= 0.6 is 10.7 Å². The molecule has 2 aromatic heterocycles. The molecule has 3 aromatic rings. The molecule has 6 nitrogen and oxygen atoms in total. The molecule has 0 unspecified atom stereocenters. The first-order valence-electron chi connectivity index (χ1n) is 6.19. The van der Waals surface area contributed by atoms with Crippen LogP contribution in [0.2, 0.25) is 0 Å². The molecule has 0 aliphatic carbocycles. The van der Waals surface area contributed by atoms with Gasteiger partial charge in [-0.1, -0.05) is 23.4 Å². The Kier molecular flexibility index (Phi) is 3.26. The molecule has 0 atom stereocenters. The van der Waals surface area contributed by atoms with Gasteiger partial charge in [0.15, 0.2) is 5.82 Å². The van der Waals surface area contributed by atoms with Gasteiger partial charge in [-0.2, -0.15) is 4.98 Å². The summed E-state index contributed by atoms with van der Waals surface area (Å²) >= 11 is 0. The molecule has 0 radical (unpaired) electrons. The van der Waals surface area contributed by atoms with Gasteiger partial charge in [-0.15, -0.1) is 0 Å². The van der Waals surface area contributed by atoms with Crippen LogP contribution in [0, 0.1) is 13.8 Å². The van der Waals surface area contributed by atoms with E-state index in [4.69, 9.17) is 15.2 Å². The highest BCUT2D eigenvalue weighted by Gasteiger charge is 2.23. The molecule has 0 amide bonds. The minimum Gasteiger partial charge on any atom is -0.340 e. The summed E-state index contributed by atoms with van der Waals surface area (Å²) in [5.74, 6) is 0.944. The fraction of sp³-hybridized carbons (Fsp3) is 0.231. The van der Waals surface area contributed by atoms with E-state index < -0.39 is 9.05 Å². The number of hydrogen-bond donors (Lipinski definition) is 0. The lowest BCUT2D eigenvalue weighted by molar-refractivity contribution is 0.386. The maximum absolute atomic E-state index is 11.8. The van der Waals surface area contributed by atoms with Gasteiger partial charge in [0.05, 0.1) is 12.1 Å². The van der Waals surface area contributed by atoms with Gasteiger partial charge in [0.2, 0.25) is 5.89 Å². The lowest BCUT2D eigenvalue weighted by atomic mass is 10.2. The quantitative estimate of drug-likeness (QED) is 0.692. The number of aryl methyl sites for hydroxylation is 1. The van der Waals surface area contributed by atoms with E-state index in [-0.39, 0.29) is 4.90 Å². The first-order chi connectivity index (χ1) is 9.88. The average Bonchev–Trinajstić information content (AvgIpc) is 2.92. The third kappa shape index (κ3) is 2.43. The van der Waals surface area contributed by atoms with Crippen LogP contribution in [0.1, 0.15) is 17.4 Å². The van der Waals surface area contributed by atoms with E-state index in [1.165, 1.54) is 0 Å². The maximum Gasteiger partial charge on any atom is 0.263 e. The van der Waals surface area contributed by atoms with Gasteiger partial charge < -0.3 is 9.09 Å². The number of hydrogen-bond acceptors (Lipinski definition) is 5. The topological polar surface area (TPSA) is 78.0 Å². The van der Waals surface area contributed by atoms with Crippen molar-refractivity contribution in [2.45, 2.75) is 25.3 Å². The van der Waals surface area contributed by atoms with Crippen LogP contribution in [-0.2, 0) is 15.6 Å². The zero-order valence-corrected chi connectivity index (χ0v) is 12.9. The molecule has 0 spiro atoms. The molecule has 8 heteroatoms. The van der Waals surface area contributed by atoms with Gasteiger partial charge in [-0.05, 0) is 13.0 Å². The molecule has 3 rings (SSSR count). The van der Waals surface area contributed by atoms with Crippen LogP contribution in [0.3, 0.4) is 0 Å². The van der Waals surface area contributed by atoms with Crippen molar-refractivity contribution in [3.05, 3.63) is 41.7 Å². The standard InChI is InChI=1S/C13H12ClN3O3S/c1-8-13(21(14,18)19)10-5-3-4-6-11(10)17(8)7-12-15-9(2)20-16-12/h3-6H,7H2,1-2H3. The molecule has 21 heavy (non-hydrogen) atoms. The molecule has 0 aliphatic rings. The second-order valence-electron chi connectivity index (χ2n) is 4.69. The van der Waals surface area contributed by atoms with Gasteiger partial charge in [0.25, 0.3) is 9.05 Å². The third-order valence-electron chi connectivity index (χ3n) is 3.29. The fourth-order valence-corrected chi connectivity index (χ4v) is 3.94. The van der Waals surface area contributed by atoms with Crippen molar-refractivity contribution < 1.29 is 12.9 Å². The van der Waals surface area contributed by atoms with E-state index in [1.54, 1.807) is 26.0 Å². The molecule has 1 aromatic carbocycles. The lowest BCUT2D eigenvalue weighted by Gasteiger charge is -2.04. The molecule has 0 saturated heterocycles. The van der Waals surface area contributed by atoms with Crippen molar-refractivity contribution in [3.63, 3.8) is 0 Å². The molecular formula is C13H12ClN3O3S. The predicted octanol–water partition coefficient (Wildman–Crippen LogP) is 2.62. The molecule has 110 valence electrons. The van der Waals surface area contributed by atoms with Gasteiger partial charge in [0, 0.05) is 28.7 Å². The molecule has 0 bridgehead atoms. The van der Waals surface area contributed by atoms with Crippen LogP contribution in [0.5, 0.6) is 0 Å². The summed E-state index contributed by atoms with van der Waals surface area (Å²) in [4.78, 5) is 4.27. The van der Waals surface area contributed by atoms with Crippen molar-refractivity contribution in [2.75, 3.05) is 0 Å². The molecule has 0 saturated carbocycles. The van der Waals surface area contributed by atoms with Crippen LogP contribution in [0.15, 0.2) is 33.7 Å². The van der Waals surface area contributed by atoms with Crippen molar-refractivity contribution in [1.82, 2.24) is 14.7 Å². The predicted molar refractivity (Wildman–Crippen MR) is 77.9 cm³/mol. The molecule has 0 aliphatic heterocycles. The van der Waals surface area contributed by atoms with Crippen LogP contribution in [-0.4, -0.2) is 23.1 Å². The Morgan fingerprint density at radius 1 is 1.29 bits per heavy atom. The monoisotopic (exact) mass is 325 g/mol. The third-order valence-corrected chi connectivity index (χ3v) is 4.75. The van der Waals surface area contributed by atoms with Crippen LogP contribution in [0.25, 0.3) is 10.9 Å². The normalized spacial score (nSPS) is 12.1. The second-order valence-corrected chi connectivity index (χ2v) is 7.19. The van der Waals surface area contributed by atoms with E-state index in [1.807, 2.05) is 16.7 Å². The molecule has 2 heterocycles. The summed E-state index contributed by atoms with van der Waals surface area (Å²) in [5, 5.41) is 4.43. The zero-order valence-electron chi connectivity index (χ0n) is 11.4. The number of halogens is 1. The highest BCUT2D eigenvalue weighted by Crippen LogP contribution is 2.32. The number of benzene rings is 1. The van der Waals surface area contributed by atoms with Crippen molar-refractivity contribution >= 4 is 30.6 Å². The van der Waals surface area contributed by atoms with Crippen molar-refractivity contribution in [2.24, 2.45) is 0 Å². The van der Waals surface area contributed by atoms with Gasteiger partial charge >= 0.3 is 0 Å². The maximum atomic E-state index is 11.8. The Labute approximate surface area is 125 Å². The first kappa shape index (κ1) is 14.1. The Hall–Kier alpha value is -1.86. The highest BCUT2D eigenvalue weighted by atomic mass is 35.7. The van der Waals surface area contributed by atoms with Crippen molar-refractivity contribution in [1.29, 1.82) is 0 Å². The van der Waals surface area contributed by atoms with E-state index in [0.717, 1.165) is 5.52 Å². The zero-order chi connectivity index (χ0) is 15.2. The van der Waals surface area contributed by atoms with E-state index in [0.29, 0.717) is 29.3 Å². The summed E-state index contributed by atoms with van der Waals surface area (Å²) in [6.07, 6.45) is 0. The number of rotatable bonds is 3. The van der Waals surface area contributed by atoms with Gasteiger partial charge in [-0.3, -0.25) is 0 Å². The Morgan fingerprint density at radius 2 is 2.00 bits per heavy atom. The average molecular weight is 326 g/mol.